The SMILES string of the molecule is CCCCCCCCC(C)[SiH](CC)CC. The van der Waals surface area contributed by atoms with Gasteiger partial charge >= 0.3 is 0 Å². The molecule has 0 aliphatic rings. The number of hydrogen-bond acceptors (Lipinski definition) is 0. The summed E-state index contributed by atoms with van der Waals surface area (Å²) in [5.74, 6) is 0. The summed E-state index contributed by atoms with van der Waals surface area (Å²) in [4.78, 5) is 0. The molecule has 0 saturated carbocycles. The van der Waals surface area contributed by atoms with Crippen molar-refractivity contribution in [1.29, 1.82) is 0 Å². The van der Waals surface area contributed by atoms with Crippen LogP contribution >= 0.6 is 0 Å². The smallest absolute Gasteiger partial charge is 0.0390 e. The molecule has 0 radical (unpaired) electrons. The molecule has 0 heterocycles. The van der Waals surface area contributed by atoms with Gasteiger partial charge in [-0.3, -0.25) is 0 Å². The lowest BCUT2D eigenvalue weighted by Gasteiger charge is -2.19. The fourth-order valence-electron chi connectivity index (χ4n) is 2.58. The van der Waals surface area contributed by atoms with Crippen molar-refractivity contribution < 1.29 is 0 Å². The number of rotatable bonds is 10. The van der Waals surface area contributed by atoms with Crippen molar-refractivity contribution in [2.75, 3.05) is 0 Å². The third kappa shape index (κ3) is 8.07. The van der Waals surface area contributed by atoms with Gasteiger partial charge in [0.2, 0.25) is 0 Å². The average Bonchev–Trinajstić information content (AvgIpc) is 2.25. The molecule has 1 heteroatoms. The van der Waals surface area contributed by atoms with Crippen molar-refractivity contribution in [2.45, 2.75) is 90.3 Å². The molecule has 15 heavy (non-hydrogen) atoms. The van der Waals surface area contributed by atoms with Gasteiger partial charge in [-0.25, -0.2) is 0 Å². The second-order valence-electron chi connectivity index (χ2n) is 5.11. The predicted molar refractivity (Wildman–Crippen MR) is 75.5 cm³/mol. The van der Waals surface area contributed by atoms with Crippen LogP contribution in [0.25, 0.3) is 0 Å². The zero-order chi connectivity index (χ0) is 11.5. The Labute approximate surface area is 99.5 Å². The van der Waals surface area contributed by atoms with Crippen molar-refractivity contribution in [3.8, 4) is 0 Å². The molecule has 1 unspecified atom stereocenters. The van der Waals surface area contributed by atoms with Gasteiger partial charge in [0.15, 0.2) is 0 Å². The maximum absolute atomic E-state index is 2.51. The molecule has 0 saturated heterocycles. The maximum atomic E-state index is 2.51. The topological polar surface area (TPSA) is 0 Å². The molecule has 0 rings (SSSR count). The van der Waals surface area contributed by atoms with Crippen LogP contribution in [0, 0.1) is 0 Å². The molecule has 0 aliphatic heterocycles. The molecule has 0 aromatic heterocycles. The van der Waals surface area contributed by atoms with Crippen molar-refractivity contribution in [2.24, 2.45) is 0 Å². The van der Waals surface area contributed by atoms with Gasteiger partial charge in [-0.05, 0) is 0 Å². The first kappa shape index (κ1) is 15.2. The average molecular weight is 228 g/mol. The quantitative estimate of drug-likeness (QED) is 0.347. The fourth-order valence-corrected chi connectivity index (χ4v) is 5.47. The summed E-state index contributed by atoms with van der Waals surface area (Å²) in [6.45, 7) is 9.60. The minimum atomic E-state index is -0.351. The number of unbranched alkanes of at least 4 members (excludes halogenated alkanes) is 5. The van der Waals surface area contributed by atoms with Gasteiger partial charge in [-0.2, -0.15) is 0 Å². The Bertz CT molecular complexity index is 119. The highest BCUT2D eigenvalue weighted by Crippen LogP contribution is 2.23. The summed E-state index contributed by atoms with van der Waals surface area (Å²) in [7, 11) is -0.351. The second-order valence-corrected chi connectivity index (χ2v) is 9.40. The first-order chi connectivity index (χ1) is 7.26. The molecule has 92 valence electrons. The van der Waals surface area contributed by atoms with Crippen LogP contribution in [0.15, 0.2) is 0 Å². The van der Waals surface area contributed by atoms with Crippen LogP contribution < -0.4 is 0 Å². The van der Waals surface area contributed by atoms with Gasteiger partial charge < -0.3 is 0 Å². The maximum Gasteiger partial charge on any atom is 0.0390 e. The lowest BCUT2D eigenvalue weighted by molar-refractivity contribution is 0.581. The largest absolute Gasteiger partial charge is 0.0680 e. The molecule has 0 aromatic carbocycles. The van der Waals surface area contributed by atoms with E-state index in [0.717, 1.165) is 5.54 Å². The molecular formula is C14H32Si. The van der Waals surface area contributed by atoms with Gasteiger partial charge in [0, 0.05) is 8.80 Å². The van der Waals surface area contributed by atoms with Gasteiger partial charge in [0.25, 0.3) is 0 Å². The lowest BCUT2D eigenvalue weighted by atomic mass is 10.1. The second kappa shape index (κ2) is 10.7. The highest BCUT2D eigenvalue weighted by atomic mass is 28.3. The molecule has 1 atom stereocenters. The van der Waals surface area contributed by atoms with Crippen molar-refractivity contribution in [1.82, 2.24) is 0 Å². The van der Waals surface area contributed by atoms with E-state index in [9.17, 15) is 0 Å². The van der Waals surface area contributed by atoms with E-state index in [0.29, 0.717) is 0 Å². The molecule has 0 spiro atoms. The highest BCUT2D eigenvalue weighted by molar-refractivity contribution is 6.60. The Balaban J connectivity index is 3.33. The summed E-state index contributed by atoms with van der Waals surface area (Å²) in [6.07, 6.45) is 10.3. The molecule has 0 aliphatic carbocycles. The van der Waals surface area contributed by atoms with Crippen molar-refractivity contribution >= 4 is 8.80 Å². The Morgan fingerprint density at radius 2 is 1.33 bits per heavy atom. The third-order valence-corrected chi connectivity index (χ3v) is 7.91. The summed E-state index contributed by atoms with van der Waals surface area (Å²) < 4.78 is 0. The van der Waals surface area contributed by atoms with E-state index in [2.05, 4.69) is 27.7 Å². The fraction of sp³-hybridized carbons (Fsp3) is 1.00. The van der Waals surface area contributed by atoms with Crippen molar-refractivity contribution in [3.05, 3.63) is 0 Å². The van der Waals surface area contributed by atoms with Crippen LogP contribution in [0.5, 0.6) is 0 Å². The van der Waals surface area contributed by atoms with E-state index in [1.807, 2.05) is 0 Å². The molecule has 0 amide bonds. The van der Waals surface area contributed by atoms with Crippen LogP contribution in [-0.4, -0.2) is 8.80 Å². The van der Waals surface area contributed by atoms with E-state index in [1.165, 1.54) is 57.0 Å². The van der Waals surface area contributed by atoms with E-state index < -0.39 is 0 Å². The molecular weight excluding hydrogens is 196 g/mol. The zero-order valence-corrected chi connectivity index (χ0v) is 12.7. The van der Waals surface area contributed by atoms with E-state index in [4.69, 9.17) is 0 Å². The first-order valence-electron chi connectivity index (χ1n) is 7.26. The minimum absolute atomic E-state index is 0.351. The Morgan fingerprint density at radius 3 is 1.87 bits per heavy atom. The van der Waals surface area contributed by atoms with Crippen LogP contribution in [0.1, 0.15) is 72.6 Å². The van der Waals surface area contributed by atoms with Crippen LogP contribution in [-0.2, 0) is 0 Å². The number of hydrogen-bond donors (Lipinski definition) is 0. The van der Waals surface area contributed by atoms with Crippen LogP contribution in [0.2, 0.25) is 17.6 Å². The summed E-state index contributed by atoms with van der Waals surface area (Å²) in [5, 5.41) is 0. The summed E-state index contributed by atoms with van der Waals surface area (Å²) >= 11 is 0. The highest BCUT2D eigenvalue weighted by Gasteiger charge is 2.13. The van der Waals surface area contributed by atoms with E-state index in [-0.39, 0.29) is 8.80 Å². The standard InChI is InChI=1S/C14H32Si/c1-5-8-9-10-11-12-13-14(4)15(6-2)7-3/h14-15H,5-13H2,1-4H3. The van der Waals surface area contributed by atoms with Crippen molar-refractivity contribution in [3.63, 3.8) is 0 Å². The normalized spacial score (nSPS) is 13.4. The molecule has 0 nitrogen and oxygen atoms in total. The predicted octanol–water partition coefficient (Wildman–Crippen LogP) is 5.39. The van der Waals surface area contributed by atoms with Crippen LogP contribution in [0.4, 0.5) is 0 Å². The molecule has 0 bridgehead atoms. The summed E-state index contributed by atoms with van der Waals surface area (Å²) in [5.41, 5.74) is 1.09. The zero-order valence-electron chi connectivity index (χ0n) is 11.5. The Morgan fingerprint density at radius 1 is 0.800 bits per heavy atom. The molecule has 0 fully saturated rings. The third-order valence-electron chi connectivity index (χ3n) is 3.87. The molecule has 0 N–H and O–H groups in total. The monoisotopic (exact) mass is 228 g/mol. The Kier molecular flexibility index (Phi) is 10.9. The van der Waals surface area contributed by atoms with Gasteiger partial charge in [-0.1, -0.05) is 90.3 Å². The first-order valence-corrected chi connectivity index (χ1v) is 9.56. The van der Waals surface area contributed by atoms with Crippen LogP contribution in [0.3, 0.4) is 0 Å². The minimum Gasteiger partial charge on any atom is -0.0680 e. The Hall–Kier alpha value is 0.217. The van der Waals surface area contributed by atoms with E-state index >= 15 is 0 Å². The molecule has 0 aromatic rings. The van der Waals surface area contributed by atoms with Gasteiger partial charge in [0.1, 0.15) is 0 Å². The van der Waals surface area contributed by atoms with Gasteiger partial charge in [-0.15, -0.1) is 0 Å². The lowest BCUT2D eigenvalue weighted by Crippen LogP contribution is -2.15. The van der Waals surface area contributed by atoms with Gasteiger partial charge in [0.05, 0.1) is 0 Å². The van der Waals surface area contributed by atoms with E-state index in [1.54, 1.807) is 0 Å². The summed E-state index contributed by atoms with van der Waals surface area (Å²) in [6, 6.07) is 3.01.